The first-order valence-electron chi connectivity index (χ1n) is 5.93. The second kappa shape index (κ2) is 3.35. The molecule has 0 atom stereocenters. The zero-order valence-corrected chi connectivity index (χ0v) is 10.5. The van der Waals surface area contributed by atoms with E-state index in [0.29, 0.717) is 10.8 Å². The maximum atomic E-state index is 12.3. The van der Waals surface area contributed by atoms with Gasteiger partial charge in [0.25, 0.3) is 0 Å². The number of ketones is 2. The largest absolute Gasteiger partial charge is 0.507 e. The van der Waals surface area contributed by atoms with E-state index in [4.69, 9.17) is 0 Å². The summed E-state index contributed by atoms with van der Waals surface area (Å²) < 4.78 is 0. The highest BCUT2D eigenvalue weighted by Crippen LogP contribution is 2.48. The van der Waals surface area contributed by atoms with E-state index in [-0.39, 0.29) is 22.6 Å². The van der Waals surface area contributed by atoms with Crippen molar-refractivity contribution in [2.45, 2.75) is 13.8 Å². The molecule has 0 heterocycles. The Morgan fingerprint density at radius 1 is 0.842 bits per heavy atom. The van der Waals surface area contributed by atoms with E-state index in [0.717, 1.165) is 0 Å². The van der Waals surface area contributed by atoms with Crippen LogP contribution in [-0.4, -0.2) is 21.8 Å². The van der Waals surface area contributed by atoms with E-state index in [2.05, 4.69) is 0 Å². The Labute approximate surface area is 109 Å². The summed E-state index contributed by atoms with van der Waals surface area (Å²) in [6, 6.07) is 6.60. The molecule has 4 nitrogen and oxygen atoms in total. The maximum Gasteiger partial charge on any atom is 0.180 e. The van der Waals surface area contributed by atoms with Crippen LogP contribution in [0.15, 0.2) is 24.3 Å². The molecule has 0 bridgehead atoms. The van der Waals surface area contributed by atoms with Crippen molar-refractivity contribution in [3.63, 3.8) is 0 Å². The van der Waals surface area contributed by atoms with Gasteiger partial charge in [0.2, 0.25) is 0 Å². The first kappa shape index (κ1) is 11.7. The number of fused-ring (bicyclic) bond motifs is 2. The van der Waals surface area contributed by atoms with Crippen LogP contribution in [0.2, 0.25) is 0 Å². The molecule has 0 fully saturated rings. The highest BCUT2D eigenvalue weighted by Gasteiger charge is 2.49. The van der Waals surface area contributed by atoms with Crippen LogP contribution in [0.5, 0.6) is 11.5 Å². The lowest BCUT2D eigenvalue weighted by Gasteiger charge is -2.11. The average molecular weight is 256 g/mol. The molecule has 0 spiro atoms. The number of hydrogen-bond donors (Lipinski definition) is 2. The Morgan fingerprint density at radius 3 is 1.58 bits per heavy atom. The summed E-state index contributed by atoms with van der Waals surface area (Å²) in [6.07, 6.45) is 0. The van der Waals surface area contributed by atoms with E-state index in [1.165, 1.54) is 13.8 Å². The maximum absolute atomic E-state index is 12.3. The monoisotopic (exact) mass is 256 g/mol. The summed E-state index contributed by atoms with van der Waals surface area (Å²) in [6.45, 7) is 3.00. The molecule has 3 rings (SSSR count). The highest BCUT2D eigenvalue weighted by atomic mass is 16.3. The fourth-order valence-electron chi connectivity index (χ4n) is 2.57. The Kier molecular flexibility index (Phi) is 2.06. The lowest BCUT2D eigenvalue weighted by atomic mass is 9.88. The zero-order valence-electron chi connectivity index (χ0n) is 10.5. The van der Waals surface area contributed by atoms with Gasteiger partial charge in [-0.3, -0.25) is 9.59 Å². The van der Waals surface area contributed by atoms with Gasteiger partial charge < -0.3 is 10.2 Å². The number of aromatic hydroxyl groups is 2. The van der Waals surface area contributed by atoms with E-state index in [9.17, 15) is 19.8 Å². The summed E-state index contributed by atoms with van der Waals surface area (Å²) in [4.78, 5) is 24.5. The van der Waals surface area contributed by atoms with E-state index >= 15 is 0 Å². The van der Waals surface area contributed by atoms with Crippen molar-refractivity contribution in [1.82, 2.24) is 0 Å². The SMILES string of the molecule is CC1(C)C(=O)c2c(c(O)c3ccccc3c2O)C1=O. The third-order valence-corrected chi connectivity index (χ3v) is 3.75. The predicted octanol–water partition coefficient (Wildman–Crippen LogP) is 2.66. The first-order chi connectivity index (χ1) is 8.87. The topological polar surface area (TPSA) is 74.6 Å². The van der Waals surface area contributed by atoms with Gasteiger partial charge in [-0.2, -0.15) is 0 Å². The molecule has 2 N–H and O–H groups in total. The van der Waals surface area contributed by atoms with Gasteiger partial charge in [0.15, 0.2) is 11.6 Å². The average Bonchev–Trinajstić information content (AvgIpc) is 2.57. The van der Waals surface area contributed by atoms with Crippen LogP contribution < -0.4 is 0 Å². The van der Waals surface area contributed by atoms with Crippen molar-refractivity contribution in [3.05, 3.63) is 35.4 Å². The molecule has 1 aliphatic carbocycles. The van der Waals surface area contributed by atoms with Gasteiger partial charge in [0.1, 0.15) is 11.5 Å². The molecular weight excluding hydrogens is 244 g/mol. The van der Waals surface area contributed by atoms with Crippen LogP contribution in [0.3, 0.4) is 0 Å². The molecule has 19 heavy (non-hydrogen) atoms. The fraction of sp³-hybridized carbons (Fsp3) is 0.200. The van der Waals surface area contributed by atoms with Crippen LogP contribution in [-0.2, 0) is 0 Å². The van der Waals surface area contributed by atoms with E-state index < -0.39 is 17.0 Å². The summed E-state index contributed by atoms with van der Waals surface area (Å²) in [5.41, 5.74) is -1.37. The smallest absolute Gasteiger partial charge is 0.180 e. The van der Waals surface area contributed by atoms with Gasteiger partial charge in [-0.15, -0.1) is 0 Å². The molecule has 2 aromatic rings. The Hall–Kier alpha value is -2.36. The van der Waals surface area contributed by atoms with Gasteiger partial charge >= 0.3 is 0 Å². The fourth-order valence-corrected chi connectivity index (χ4v) is 2.57. The van der Waals surface area contributed by atoms with E-state index in [1.54, 1.807) is 24.3 Å². The summed E-state index contributed by atoms with van der Waals surface area (Å²) in [5, 5.41) is 21.2. The number of benzene rings is 2. The third kappa shape index (κ3) is 1.23. The van der Waals surface area contributed by atoms with Crippen LogP contribution in [0.25, 0.3) is 10.8 Å². The molecule has 96 valence electrons. The molecule has 0 saturated heterocycles. The lowest BCUT2D eigenvalue weighted by molar-refractivity contribution is 0.0745. The Bertz CT molecular complexity index is 694. The van der Waals surface area contributed by atoms with Gasteiger partial charge in [-0.25, -0.2) is 0 Å². The number of hydrogen-bond acceptors (Lipinski definition) is 4. The standard InChI is InChI=1S/C15H12O4/c1-15(2)13(18)9-10(14(15)19)12(17)8-6-4-3-5-7(8)11(9)16/h3-6,16-17H,1-2H3. The molecule has 0 saturated carbocycles. The number of phenols is 2. The summed E-state index contributed by atoms with van der Waals surface area (Å²) in [5.74, 6) is -1.36. The van der Waals surface area contributed by atoms with Crippen LogP contribution in [0.1, 0.15) is 34.6 Å². The highest BCUT2D eigenvalue weighted by molar-refractivity contribution is 6.33. The molecule has 1 aliphatic rings. The van der Waals surface area contributed by atoms with Gasteiger partial charge in [-0.1, -0.05) is 24.3 Å². The molecule has 2 aromatic carbocycles. The van der Waals surface area contributed by atoms with Crippen molar-refractivity contribution in [2.75, 3.05) is 0 Å². The van der Waals surface area contributed by atoms with Crippen molar-refractivity contribution in [1.29, 1.82) is 0 Å². The van der Waals surface area contributed by atoms with Crippen LogP contribution in [0, 0.1) is 5.41 Å². The van der Waals surface area contributed by atoms with Gasteiger partial charge in [-0.05, 0) is 13.8 Å². The van der Waals surface area contributed by atoms with Crippen LogP contribution >= 0.6 is 0 Å². The van der Waals surface area contributed by atoms with Gasteiger partial charge in [0, 0.05) is 10.8 Å². The molecule has 0 amide bonds. The second-order valence-corrected chi connectivity index (χ2v) is 5.28. The van der Waals surface area contributed by atoms with Crippen molar-refractivity contribution >= 4 is 22.3 Å². The molecule has 0 unspecified atom stereocenters. The molecule has 0 aliphatic heterocycles. The normalized spacial score (nSPS) is 16.9. The Morgan fingerprint density at radius 2 is 1.21 bits per heavy atom. The molecular formula is C15H12O4. The van der Waals surface area contributed by atoms with Crippen LogP contribution in [0.4, 0.5) is 0 Å². The quantitative estimate of drug-likeness (QED) is 0.561. The summed E-state index contributed by atoms with van der Waals surface area (Å²) in [7, 11) is 0. The van der Waals surface area contributed by atoms with Crippen molar-refractivity contribution < 1.29 is 19.8 Å². The minimum absolute atomic E-state index is 0.0637. The minimum Gasteiger partial charge on any atom is -0.507 e. The number of Topliss-reactive ketones (excluding diaryl/α,β-unsaturated/α-hetero) is 2. The molecule has 0 aromatic heterocycles. The number of carbonyl (C=O) groups is 2. The van der Waals surface area contributed by atoms with Gasteiger partial charge in [0.05, 0.1) is 16.5 Å². The lowest BCUT2D eigenvalue weighted by Crippen LogP contribution is -2.25. The third-order valence-electron chi connectivity index (χ3n) is 3.75. The Balaban J connectivity index is 2.55. The molecule has 4 heteroatoms. The van der Waals surface area contributed by atoms with E-state index in [1.807, 2.05) is 0 Å². The van der Waals surface area contributed by atoms with Crippen molar-refractivity contribution in [2.24, 2.45) is 5.41 Å². The first-order valence-corrected chi connectivity index (χ1v) is 5.93. The number of phenolic OH excluding ortho intramolecular Hbond substituents is 2. The second-order valence-electron chi connectivity index (χ2n) is 5.28. The minimum atomic E-state index is -1.24. The number of rotatable bonds is 0. The summed E-state index contributed by atoms with van der Waals surface area (Å²) >= 11 is 0. The number of carbonyl (C=O) groups excluding carboxylic acids is 2. The molecule has 0 radical (unpaired) electrons. The zero-order chi connectivity index (χ0) is 13.9. The van der Waals surface area contributed by atoms with Crippen molar-refractivity contribution in [3.8, 4) is 11.5 Å². The predicted molar refractivity (Wildman–Crippen MR) is 69.7 cm³/mol.